The van der Waals surface area contributed by atoms with Crippen molar-refractivity contribution >= 4 is 53.7 Å². The van der Waals surface area contributed by atoms with E-state index in [4.69, 9.17) is 4.74 Å². The van der Waals surface area contributed by atoms with Crippen LogP contribution < -0.4 is 4.74 Å². The van der Waals surface area contributed by atoms with Gasteiger partial charge in [0.2, 0.25) is 0 Å². The molecule has 0 amide bonds. The molecule has 105 heavy (non-hydrogen) atoms. The molecule has 0 aliphatic carbocycles. The Labute approximate surface area is 646 Å². The smallest absolute Gasteiger partial charge is 0.126 e. The van der Waals surface area contributed by atoms with Crippen LogP contribution in [-0.4, -0.2) is 7.11 Å². The third-order valence-corrected chi connectivity index (χ3v) is 22.4. The molecule has 0 N–H and O–H groups in total. The number of benzene rings is 10. The van der Waals surface area contributed by atoms with E-state index in [1.165, 1.54) is 153 Å². The van der Waals surface area contributed by atoms with Crippen LogP contribution in [0.2, 0.25) is 0 Å². The lowest BCUT2D eigenvalue weighted by atomic mass is 9.76. The van der Waals surface area contributed by atoms with Crippen LogP contribution in [0.4, 0.5) is 0 Å². The highest BCUT2D eigenvalue weighted by molar-refractivity contribution is 7.19. The highest BCUT2D eigenvalue weighted by atomic mass is 32.1. The second-order valence-electron chi connectivity index (χ2n) is 38.7. The average molecular weight is 1430 g/mol. The lowest BCUT2D eigenvalue weighted by molar-refractivity contribution is 0.417. The number of aryl methyl sites for hydroxylation is 9. The Hall–Kier alpha value is -7.26. The molecular weight excluding hydrogens is 1290 g/mol. The van der Waals surface area contributed by atoms with E-state index < -0.39 is 0 Å². The van der Waals surface area contributed by atoms with E-state index >= 15 is 0 Å². The van der Waals surface area contributed by atoms with Crippen molar-refractivity contribution in [2.45, 2.75) is 305 Å². The first-order valence-corrected chi connectivity index (χ1v) is 39.7. The summed E-state index contributed by atoms with van der Waals surface area (Å²) in [5, 5.41) is 9.53. The summed E-state index contributed by atoms with van der Waals surface area (Å²) in [5.74, 6) is 1.53. The van der Waals surface area contributed by atoms with Gasteiger partial charge in [-0.1, -0.05) is 343 Å². The molecule has 0 fully saturated rings. The molecule has 0 spiro atoms. The maximum Gasteiger partial charge on any atom is 0.126 e. The Morgan fingerprint density at radius 3 is 0.933 bits per heavy atom. The number of methoxy groups -OCH3 is 1. The van der Waals surface area contributed by atoms with Gasteiger partial charge in [0.15, 0.2) is 0 Å². The topological polar surface area (TPSA) is 9.23 Å². The van der Waals surface area contributed by atoms with Crippen molar-refractivity contribution in [1.29, 1.82) is 0 Å². The van der Waals surface area contributed by atoms with Gasteiger partial charge in [-0.2, -0.15) is 0 Å². The predicted octanol–water partition coefficient (Wildman–Crippen LogP) is 31.4. The molecule has 0 aliphatic rings. The highest BCUT2D eigenvalue weighted by Gasteiger charge is 2.27. The van der Waals surface area contributed by atoms with Gasteiger partial charge in [-0.05, 0) is 264 Å². The van der Waals surface area contributed by atoms with Crippen LogP contribution in [0.1, 0.15) is 297 Å². The van der Waals surface area contributed by atoms with E-state index in [1.54, 1.807) is 7.11 Å². The largest absolute Gasteiger partial charge is 0.496 e. The standard InChI is InChI=1S/C19H26.C18H24.C16H20O.C13H16S.2C13H20.C11H16/c1-13-14-10-8-9-11-15(14)17(19(5,6)7)12-16(13)18(2,3)4;1-12(2)16-11-17(18(4,5)6)13(3)14-9-7-8-10-15(14)16;1-11-12-8-6-7-9-13(12)15(17-5)10-14(11)16(2,3)4;1-9-10-7-5-6-8-11(10)14-12(9)13(2,3)4;2*1-9-7-10(2)11(3)12(8-9)13(4,5)6;1-9-7-5-6-8-10(9)11(2,3)4/h8-12H,1-7H3;7-12H,1-6H3;6-10H,1-5H3;5-8H,1-4H3;2*7-8H,1-6H3;5-8H,1-4H3. The van der Waals surface area contributed by atoms with Gasteiger partial charge in [0.25, 0.3) is 0 Å². The van der Waals surface area contributed by atoms with Crippen LogP contribution in [-0.2, 0) is 43.3 Å². The van der Waals surface area contributed by atoms with Crippen LogP contribution in [0.25, 0.3) is 42.4 Å². The van der Waals surface area contributed by atoms with E-state index in [-0.39, 0.29) is 43.3 Å². The van der Waals surface area contributed by atoms with Gasteiger partial charge in [0, 0.05) is 15.0 Å². The summed E-state index contributed by atoms with van der Waals surface area (Å²) in [6.45, 7) is 83.5. The minimum atomic E-state index is 0.140. The molecule has 2 heteroatoms. The molecule has 11 aromatic rings. The number of fused-ring (bicyclic) bond motifs is 4. The number of thiophene rings is 1. The van der Waals surface area contributed by atoms with Gasteiger partial charge in [-0.25, -0.2) is 0 Å². The molecule has 566 valence electrons. The van der Waals surface area contributed by atoms with Crippen molar-refractivity contribution in [2.24, 2.45) is 0 Å². The maximum absolute atomic E-state index is 5.52. The van der Waals surface area contributed by atoms with E-state index in [1.807, 2.05) is 11.3 Å². The number of hydrogen-bond acceptors (Lipinski definition) is 2. The summed E-state index contributed by atoms with van der Waals surface area (Å²) >= 11 is 1.93. The normalized spacial score (nSPS) is 12.2. The molecule has 10 aromatic carbocycles. The molecule has 0 atom stereocenters. The Balaban J connectivity index is 0.000000222. The van der Waals surface area contributed by atoms with E-state index in [0.29, 0.717) is 5.92 Å². The summed E-state index contributed by atoms with van der Waals surface area (Å²) < 4.78 is 6.93. The van der Waals surface area contributed by atoms with Gasteiger partial charge < -0.3 is 4.74 Å². The number of ether oxygens (including phenoxy) is 1. The third-order valence-electron chi connectivity index (χ3n) is 20.7. The van der Waals surface area contributed by atoms with Crippen LogP contribution in [0.3, 0.4) is 0 Å². The molecular formula is C103H142OS. The highest BCUT2D eigenvalue weighted by Crippen LogP contribution is 2.42. The van der Waals surface area contributed by atoms with Crippen molar-refractivity contribution in [3.05, 3.63) is 274 Å². The van der Waals surface area contributed by atoms with Crippen molar-refractivity contribution in [2.75, 3.05) is 7.11 Å². The van der Waals surface area contributed by atoms with Crippen LogP contribution in [0, 0.1) is 76.2 Å². The van der Waals surface area contributed by atoms with E-state index in [2.05, 4.69) is 420 Å². The Bertz CT molecular complexity index is 4650. The van der Waals surface area contributed by atoms with Crippen molar-refractivity contribution in [3.63, 3.8) is 0 Å². The molecule has 1 aromatic heterocycles. The third kappa shape index (κ3) is 23.1. The van der Waals surface area contributed by atoms with Crippen LogP contribution in [0.15, 0.2) is 164 Å². The zero-order valence-corrected chi connectivity index (χ0v) is 74.3. The quantitative estimate of drug-likeness (QED) is 0.168. The van der Waals surface area contributed by atoms with Gasteiger partial charge >= 0.3 is 0 Å². The molecule has 0 aliphatic heterocycles. The summed E-state index contributed by atoms with van der Waals surface area (Å²) in [4.78, 5) is 1.51. The predicted molar refractivity (Wildman–Crippen MR) is 475 cm³/mol. The van der Waals surface area contributed by atoms with E-state index in [0.717, 1.165) is 5.75 Å². The second-order valence-corrected chi connectivity index (χ2v) is 39.7. The van der Waals surface area contributed by atoms with Crippen LogP contribution in [0.5, 0.6) is 5.75 Å². The van der Waals surface area contributed by atoms with Gasteiger partial charge in [-0.15, -0.1) is 11.3 Å². The lowest BCUT2D eigenvalue weighted by Crippen LogP contribution is -2.18. The molecule has 1 nitrogen and oxygen atoms in total. The minimum Gasteiger partial charge on any atom is -0.496 e. The first-order valence-electron chi connectivity index (χ1n) is 38.9. The Morgan fingerprint density at radius 2 is 0.571 bits per heavy atom. The zero-order valence-electron chi connectivity index (χ0n) is 73.5. The fourth-order valence-corrected chi connectivity index (χ4v) is 16.4. The Kier molecular flexibility index (Phi) is 29.2. The minimum absolute atomic E-state index is 0.140. The van der Waals surface area contributed by atoms with E-state index in [9.17, 15) is 0 Å². The number of rotatable bonds is 2. The maximum atomic E-state index is 5.52. The summed E-state index contributed by atoms with van der Waals surface area (Å²) in [5.41, 5.74) is 28.9. The van der Waals surface area contributed by atoms with Crippen molar-refractivity contribution in [1.82, 2.24) is 0 Å². The van der Waals surface area contributed by atoms with Crippen molar-refractivity contribution < 1.29 is 4.74 Å². The summed E-state index contributed by atoms with van der Waals surface area (Å²) in [6.07, 6.45) is 0. The average Bonchev–Trinajstić information content (AvgIpc) is 1.80. The zero-order chi connectivity index (χ0) is 79.8. The van der Waals surface area contributed by atoms with Gasteiger partial charge in [-0.3, -0.25) is 0 Å². The van der Waals surface area contributed by atoms with Gasteiger partial charge in [0.05, 0.1) is 7.11 Å². The van der Waals surface area contributed by atoms with Gasteiger partial charge in [0.1, 0.15) is 5.75 Å². The first-order chi connectivity index (χ1) is 48.0. The lowest BCUT2D eigenvalue weighted by Gasteiger charge is -2.29. The molecule has 0 radical (unpaired) electrons. The molecule has 0 unspecified atom stereocenters. The molecule has 0 saturated heterocycles. The molecule has 0 saturated carbocycles. The monoisotopic (exact) mass is 1430 g/mol. The SMILES string of the molecule is COc1cc(C(C)(C)C)c(C)c2ccccc12.Cc1c(C(C)(C)C)cc(C(C)(C)C)c2ccccc12.Cc1c(C(C)(C)C)cc(C(C)C)c2ccccc12.Cc1c(C(C)(C)C)sc2ccccc12.Cc1cc(C)c(C)c(C(C)(C)C)c1.Cc1cc(C)c(C)c(C(C)(C)C)c1.Cc1ccccc1C(C)(C)C. The fourth-order valence-electron chi connectivity index (χ4n) is 15.1. The van der Waals surface area contributed by atoms with Crippen molar-refractivity contribution in [3.8, 4) is 5.75 Å². The Morgan fingerprint density at radius 1 is 0.257 bits per heavy atom. The first kappa shape index (κ1) is 88.4. The van der Waals surface area contributed by atoms with Crippen LogP contribution >= 0.6 is 11.3 Å². The summed E-state index contributed by atoms with van der Waals surface area (Å²) in [7, 11) is 1.74. The fraction of sp³-hybridized carbons (Fsp3) is 0.456. The molecule has 11 rings (SSSR count). The second kappa shape index (κ2) is 34.8. The molecule has 1 heterocycles. The number of hydrogen-bond donors (Lipinski definition) is 0. The summed E-state index contributed by atoms with van der Waals surface area (Å²) in [6, 6.07) is 59.4. The molecule has 0 bridgehead atoms.